The number of carbonyl (C=O) groups excluding carboxylic acids is 1. The van der Waals surface area contributed by atoms with Gasteiger partial charge in [-0.25, -0.2) is 4.79 Å². The van der Waals surface area contributed by atoms with Crippen LogP contribution in [0.2, 0.25) is 0 Å². The Balaban J connectivity index is 2.05. The van der Waals surface area contributed by atoms with Gasteiger partial charge in [0, 0.05) is 37.2 Å². The second-order valence-electron chi connectivity index (χ2n) is 3.12. The molecule has 1 fully saturated rings. The number of rotatable bonds is 4. The predicted molar refractivity (Wildman–Crippen MR) is 59.5 cm³/mol. The smallest absolute Gasteiger partial charge is 0.330 e. The molecule has 0 bridgehead atoms. The molecule has 4 heteroatoms. The summed E-state index contributed by atoms with van der Waals surface area (Å²) in [4.78, 5) is 13.3. The Kier molecular flexibility index (Phi) is 5.71. The van der Waals surface area contributed by atoms with E-state index in [1.807, 2.05) is 18.7 Å². The van der Waals surface area contributed by atoms with Crippen molar-refractivity contribution in [2.45, 2.75) is 6.92 Å². The van der Waals surface area contributed by atoms with Crippen LogP contribution in [0.25, 0.3) is 0 Å². The fraction of sp³-hybridized carbons (Fsp3) is 0.700. The molecule has 1 heterocycles. The van der Waals surface area contributed by atoms with Crippen LogP contribution >= 0.6 is 11.8 Å². The van der Waals surface area contributed by atoms with E-state index in [9.17, 15) is 4.79 Å². The van der Waals surface area contributed by atoms with Crippen molar-refractivity contribution in [2.75, 3.05) is 37.7 Å². The number of nitrogens with zero attached hydrogens (tertiary/aromatic N) is 1. The molecular formula is C10H17NO2S. The van der Waals surface area contributed by atoms with Gasteiger partial charge < -0.3 is 4.74 Å². The molecule has 0 unspecified atom stereocenters. The summed E-state index contributed by atoms with van der Waals surface area (Å²) >= 11 is 1.99. The first kappa shape index (κ1) is 11.6. The van der Waals surface area contributed by atoms with Crippen LogP contribution < -0.4 is 0 Å². The van der Waals surface area contributed by atoms with E-state index in [4.69, 9.17) is 4.74 Å². The molecule has 3 nitrogen and oxygen atoms in total. The third kappa shape index (κ3) is 4.67. The van der Waals surface area contributed by atoms with Crippen LogP contribution in [0.5, 0.6) is 0 Å². The summed E-state index contributed by atoms with van der Waals surface area (Å²) in [6.45, 7) is 5.42. The second kappa shape index (κ2) is 6.90. The highest BCUT2D eigenvalue weighted by molar-refractivity contribution is 7.99. The molecule has 0 radical (unpaired) electrons. The summed E-state index contributed by atoms with van der Waals surface area (Å²) in [7, 11) is 0. The van der Waals surface area contributed by atoms with Gasteiger partial charge in [0.25, 0.3) is 0 Å². The fourth-order valence-electron chi connectivity index (χ4n) is 1.28. The zero-order valence-electron chi connectivity index (χ0n) is 8.57. The molecule has 1 aliphatic heterocycles. The maximum atomic E-state index is 11.0. The van der Waals surface area contributed by atoms with Gasteiger partial charge in [0.1, 0.15) is 6.61 Å². The van der Waals surface area contributed by atoms with Crippen molar-refractivity contribution in [2.24, 2.45) is 0 Å². The summed E-state index contributed by atoms with van der Waals surface area (Å²) in [5.41, 5.74) is 0. The Hall–Kier alpha value is -0.480. The third-order valence-electron chi connectivity index (χ3n) is 2.06. The van der Waals surface area contributed by atoms with Crippen LogP contribution in [0.4, 0.5) is 0 Å². The van der Waals surface area contributed by atoms with Gasteiger partial charge in [-0.3, -0.25) is 4.90 Å². The average molecular weight is 215 g/mol. The Labute approximate surface area is 89.5 Å². The molecule has 80 valence electrons. The van der Waals surface area contributed by atoms with Crippen LogP contribution in [0.1, 0.15) is 6.92 Å². The first-order chi connectivity index (χ1) is 6.83. The van der Waals surface area contributed by atoms with Gasteiger partial charge in [0.05, 0.1) is 0 Å². The number of thioether (sulfide) groups is 1. The summed E-state index contributed by atoms with van der Waals surface area (Å²) in [5.74, 6) is 2.16. The number of esters is 1. The highest BCUT2D eigenvalue weighted by atomic mass is 32.2. The van der Waals surface area contributed by atoms with E-state index in [1.165, 1.54) is 17.6 Å². The summed E-state index contributed by atoms with van der Waals surface area (Å²) in [6, 6.07) is 0. The standard InChI is InChI=1S/C10H17NO2S/c1-2-3-10(12)13-7-4-11-5-8-14-9-6-11/h2-3H,4-9H2,1H3/b3-2+. The SMILES string of the molecule is C/C=C/C(=O)OCCN1CCSCC1. The minimum atomic E-state index is -0.237. The number of carbonyl (C=O) groups is 1. The van der Waals surface area contributed by atoms with Gasteiger partial charge >= 0.3 is 5.97 Å². The molecule has 0 aliphatic carbocycles. The van der Waals surface area contributed by atoms with Gasteiger partial charge in [-0.2, -0.15) is 11.8 Å². The lowest BCUT2D eigenvalue weighted by Gasteiger charge is -2.25. The van der Waals surface area contributed by atoms with Gasteiger partial charge in [-0.05, 0) is 6.92 Å². The predicted octanol–water partition coefficient (Wildman–Crippen LogP) is 1.15. The normalized spacial score (nSPS) is 18.6. The van der Waals surface area contributed by atoms with Crippen LogP contribution in [0.15, 0.2) is 12.2 Å². The molecule has 14 heavy (non-hydrogen) atoms. The zero-order chi connectivity index (χ0) is 10.2. The van der Waals surface area contributed by atoms with E-state index >= 15 is 0 Å². The minimum Gasteiger partial charge on any atom is -0.461 e. The van der Waals surface area contributed by atoms with Gasteiger partial charge in [0.15, 0.2) is 0 Å². The number of ether oxygens (including phenoxy) is 1. The van der Waals surface area contributed by atoms with Crippen LogP contribution in [0, 0.1) is 0 Å². The van der Waals surface area contributed by atoms with Crippen molar-refractivity contribution in [3.63, 3.8) is 0 Å². The van der Waals surface area contributed by atoms with Crippen molar-refractivity contribution >= 4 is 17.7 Å². The van der Waals surface area contributed by atoms with E-state index in [-0.39, 0.29) is 5.97 Å². The number of allylic oxidation sites excluding steroid dienone is 1. The molecular weight excluding hydrogens is 198 g/mol. The topological polar surface area (TPSA) is 29.5 Å². The van der Waals surface area contributed by atoms with Crippen LogP contribution in [-0.2, 0) is 9.53 Å². The van der Waals surface area contributed by atoms with E-state index in [0.29, 0.717) is 6.61 Å². The Morgan fingerprint density at radius 3 is 2.86 bits per heavy atom. The van der Waals surface area contributed by atoms with Crippen LogP contribution in [0.3, 0.4) is 0 Å². The maximum absolute atomic E-state index is 11.0. The highest BCUT2D eigenvalue weighted by Gasteiger charge is 2.09. The fourth-order valence-corrected chi connectivity index (χ4v) is 2.26. The number of hydrogen-bond donors (Lipinski definition) is 0. The summed E-state index contributed by atoms with van der Waals surface area (Å²) < 4.78 is 5.01. The maximum Gasteiger partial charge on any atom is 0.330 e. The van der Waals surface area contributed by atoms with E-state index in [2.05, 4.69) is 4.90 Å². The van der Waals surface area contributed by atoms with Crippen molar-refractivity contribution in [3.05, 3.63) is 12.2 Å². The van der Waals surface area contributed by atoms with Crippen molar-refractivity contribution in [1.82, 2.24) is 4.90 Å². The minimum absolute atomic E-state index is 0.237. The lowest BCUT2D eigenvalue weighted by Crippen LogP contribution is -2.35. The molecule has 0 N–H and O–H groups in total. The third-order valence-corrected chi connectivity index (χ3v) is 3.00. The highest BCUT2D eigenvalue weighted by Crippen LogP contribution is 2.08. The largest absolute Gasteiger partial charge is 0.461 e. The molecule has 0 spiro atoms. The Bertz CT molecular complexity index is 200. The monoisotopic (exact) mass is 215 g/mol. The van der Waals surface area contributed by atoms with Crippen LogP contribution in [-0.4, -0.2) is 48.6 Å². The van der Waals surface area contributed by atoms with Crippen molar-refractivity contribution < 1.29 is 9.53 Å². The van der Waals surface area contributed by atoms with Gasteiger partial charge in [0.2, 0.25) is 0 Å². The quantitative estimate of drug-likeness (QED) is 0.520. The molecule has 0 saturated carbocycles. The lowest BCUT2D eigenvalue weighted by atomic mass is 10.5. The average Bonchev–Trinajstić information content (AvgIpc) is 2.20. The molecule has 0 aromatic heterocycles. The molecule has 1 aliphatic rings. The molecule has 1 rings (SSSR count). The van der Waals surface area contributed by atoms with Gasteiger partial charge in [-0.1, -0.05) is 6.08 Å². The zero-order valence-corrected chi connectivity index (χ0v) is 9.39. The Morgan fingerprint density at radius 1 is 1.50 bits per heavy atom. The Morgan fingerprint density at radius 2 is 2.21 bits per heavy atom. The molecule has 0 amide bonds. The van der Waals surface area contributed by atoms with Gasteiger partial charge in [-0.15, -0.1) is 0 Å². The van der Waals surface area contributed by atoms with E-state index < -0.39 is 0 Å². The van der Waals surface area contributed by atoms with Crippen molar-refractivity contribution in [3.8, 4) is 0 Å². The summed E-state index contributed by atoms with van der Waals surface area (Å²) in [5, 5.41) is 0. The summed E-state index contributed by atoms with van der Waals surface area (Å²) in [6.07, 6.45) is 3.14. The first-order valence-electron chi connectivity index (χ1n) is 4.92. The molecule has 0 aromatic rings. The first-order valence-corrected chi connectivity index (χ1v) is 6.08. The molecule has 0 atom stereocenters. The number of hydrogen-bond acceptors (Lipinski definition) is 4. The van der Waals surface area contributed by atoms with E-state index in [1.54, 1.807) is 6.08 Å². The van der Waals surface area contributed by atoms with E-state index in [0.717, 1.165) is 19.6 Å². The molecule has 1 saturated heterocycles. The second-order valence-corrected chi connectivity index (χ2v) is 4.35. The molecule has 0 aromatic carbocycles. The lowest BCUT2D eigenvalue weighted by molar-refractivity contribution is -0.138. The van der Waals surface area contributed by atoms with Crippen molar-refractivity contribution in [1.29, 1.82) is 0 Å².